The standard InChI is InChI=1S/C55H45NS/c1-34-30-48-49(31-35(34)2)55(5,6)53-37(4)36(3)32-50(52(48)53)56(43-26-22-39(23-27-43)42-17-12-16-41(33-42)38-14-8-7-9-15-38)44-28-24-40(25-29-44)45-19-13-20-47-46-18-10-11-21-51(46)57-54(45)47/h7-33H,1-6H3. The van der Waals surface area contributed by atoms with Crippen molar-refractivity contribution in [3.05, 3.63) is 197 Å². The summed E-state index contributed by atoms with van der Waals surface area (Å²) in [6.07, 6.45) is 0. The van der Waals surface area contributed by atoms with Gasteiger partial charge in [-0.15, -0.1) is 11.3 Å². The van der Waals surface area contributed by atoms with Crippen LogP contribution >= 0.6 is 11.3 Å². The number of aryl methyl sites for hydroxylation is 3. The van der Waals surface area contributed by atoms with Gasteiger partial charge in [0.25, 0.3) is 0 Å². The first-order valence-corrected chi connectivity index (χ1v) is 20.8. The average Bonchev–Trinajstić information content (AvgIpc) is 3.73. The van der Waals surface area contributed by atoms with Gasteiger partial charge in [-0.25, -0.2) is 0 Å². The first-order valence-electron chi connectivity index (χ1n) is 20.0. The van der Waals surface area contributed by atoms with Gasteiger partial charge in [-0.1, -0.05) is 135 Å². The lowest BCUT2D eigenvalue weighted by Gasteiger charge is -2.31. The summed E-state index contributed by atoms with van der Waals surface area (Å²) in [5.74, 6) is 0. The molecule has 10 rings (SSSR count). The molecule has 0 atom stereocenters. The Morgan fingerprint density at radius 3 is 1.75 bits per heavy atom. The molecule has 1 aromatic heterocycles. The molecule has 0 fully saturated rings. The van der Waals surface area contributed by atoms with E-state index in [1.807, 2.05) is 11.3 Å². The number of anilines is 3. The Hall–Kier alpha value is -6.22. The predicted octanol–water partition coefficient (Wildman–Crippen LogP) is 16.1. The molecule has 0 saturated heterocycles. The molecule has 0 radical (unpaired) electrons. The van der Waals surface area contributed by atoms with E-state index in [2.05, 4.69) is 210 Å². The van der Waals surface area contributed by atoms with Crippen LogP contribution in [0, 0.1) is 27.7 Å². The van der Waals surface area contributed by atoms with Gasteiger partial charge in [-0.3, -0.25) is 0 Å². The topological polar surface area (TPSA) is 3.24 Å². The van der Waals surface area contributed by atoms with Crippen LogP contribution in [0.1, 0.15) is 47.2 Å². The number of benzene rings is 8. The quantitative estimate of drug-likeness (QED) is 0.164. The number of rotatable bonds is 6. The molecule has 0 N–H and O–H groups in total. The largest absolute Gasteiger partial charge is 0.310 e. The van der Waals surface area contributed by atoms with Crippen LogP contribution in [0.4, 0.5) is 17.1 Å². The van der Waals surface area contributed by atoms with Crippen molar-refractivity contribution < 1.29 is 0 Å². The molecule has 0 amide bonds. The second kappa shape index (κ2) is 13.5. The molecule has 0 spiro atoms. The minimum Gasteiger partial charge on any atom is -0.310 e. The third-order valence-electron chi connectivity index (χ3n) is 12.5. The van der Waals surface area contributed by atoms with E-state index < -0.39 is 0 Å². The van der Waals surface area contributed by atoms with E-state index in [9.17, 15) is 0 Å². The van der Waals surface area contributed by atoms with Crippen molar-refractivity contribution in [3.8, 4) is 44.5 Å². The summed E-state index contributed by atoms with van der Waals surface area (Å²) in [4.78, 5) is 2.50. The molecule has 9 aromatic rings. The Labute approximate surface area is 340 Å². The summed E-state index contributed by atoms with van der Waals surface area (Å²) in [5, 5.41) is 2.65. The normalized spacial score (nSPS) is 12.9. The van der Waals surface area contributed by atoms with Gasteiger partial charge in [0.1, 0.15) is 0 Å². The lowest BCUT2D eigenvalue weighted by Crippen LogP contribution is -2.18. The zero-order valence-corrected chi connectivity index (χ0v) is 34.3. The third kappa shape index (κ3) is 5.73. The second-order valence-corrected chi connectivity index (χ2v) is 17.4. The highest BCUT2D eigenvalue weighted by molar-refractivity contribution is 7.26. The van der Waals surface area contributed by atoms with Crippen LogP contribution < -0.4 is 4.90 Å². The lowest BCUT2D eigenvalue weighted by atomic mass is 9.79. The Morgan fingerprint density at radius 1 is 0.456 bits per heavy atom. The number of hydrogen-bond donors (Lipinski definition) is 0. The molecule has 0 unspecified atom stereocenters. The van der Waals surface area contributed by atoms with Gasteiger partial charge in [0.2, 0.25) is 0 Å². The second-order valence-electron chi connectivity index (χ2n) is 16.4. The summed E-state index contributed by atoms with van der Waals surface area (Å²) >= 11 is 1.89. The van der Waals surface area contributed by atoms with Crippen molar-refractivity contribution >= 4 is 48.6 Å². The zero-order chi connectivity index (χ0) is 39.0. The van der Waals surface area contributed by atoms with Crippen molar-refractivity contribution in [2.24, 2.45) is 0 Å². The third-order valence-corrected chi connectivity index (χ3v) is 13.8. The van der Waals surface area contributed by atoms with Gasteiger partial charge in [-0.05, 0) is 142 Å². The molecule has 1 heterocycles. The molecule has 0 bridgehead atoms. The highest BCUT2D eigenvalue weighted by Gasteiger charge is 2.40. The number of thiophene rings is 1. The molecular weight excluding hydrogens is 707 g/mol. The van der Waals surface area contributed by atoms with E-state index in [1.54, 1.807) is 0 Å². The molecule has 57 heavy (non-hydrogen) atoms. The molecule has 1 aliphatic carbocycles. The van der Waals surface area contributed by atoms with Crippen LogP contribution in [0.3, 0.4) is 0 Å². The van der Waals surface area contributed by atoms with Crippen molar-refractivity contribution in [3.63, 3.8) is 0 Å². The Balaban J connectivity index is 1.14. The van der Waals surface area contributed by atoms with Gasteiger partial charge in [0, 0.05) is 42.5 Å². The van der Waals surface area contributed by atoms with E-state index in [0.29, 0.717) is 0 Å². The molecule has 0 saturated carbocycles. The number of nitrogens with zero attached hydrogens (tertiary/aromatic N) is 1. The zero-order valence-electron chi connectivity index (χ0n) is 33.4. The maximum absolute atomic E-state index is 2.50. The summed E-state index contributed by atoms with van der Waals surface area (Å²) < 4.78 is 2.67. The first-order chi connectivity index (χ1) is 27.7. The average molecular weight is 752 g/mol. The summed E-state index contributed by atoms with van der Waals surface area (Å²) in [5.41, 5.74) is 21.7. The van der Waals surface area contributed by atoms with Crippen LogP contribution in [-0.2, 0) is 5.41 Å². The summed E-state index contributed by atoms with van der Waals surface area (Å²) in [6, 6.07) is 60.8. The van der Waals surface area contributed by atoms with Crippen LogP contribution in [-0.4, -0.2) is 0 Å². The maximum Gasteiger partial charge on any atom is 0.0546 e. The SMILES string of the molecule is Cc1cc2c(cc1C)C(C)(C)c1c(C)c(C)cc(N(c3ccc(-c4cccc(-c5ccccc5)c4)cc3)c3ccc(-c4cccc5c4sc4ccccc45)cc3)c1-2. The van der Waals surface area contributed by atoms with E-state index >= 15 is 0 Å². The van der Waals surface area contributed by atoms with E-state index in [0.717, 1.165) is 11.4 Å². The molecule has 1 nitrogen and oxygen atoms in total. The molecular formula is C55H45NS. The molecule has 1 aliphatic rings. The predicted molar refractivity (Wildman–Crippen MR) is 247 cm³/mol. The molecule has 8 aromatic carbocycles. The van der Waals surface area contributed by atoms with Crippen molar-refractivity contribution in [1.29, 1.82) is 0 Å². The Bertz CT molecular complexity index is 3000. The minimum atomic E-state index is -0.125. The molecule has 276 valence electrons. The number of hydrogen-bond acceptors (Lipinski definition) is 2. The molecule has 0 aliphatic heterocycles. The Morgan fingerprint density at radius 2 is 1.04 bits per heavy atom. The van der Waals surface area contributed by atoms with Crippen LogP contribution in [0.25, 0.3) is 64.7 Å². The van der Waals surface area contributed by atoms with Gasteiger partial charge >= 0.3 is 0 Å². The number of fused-ring (bicyclic) bond motifs is 6. The van der Waals surface area contributed by atoms with Gasteiger partial charge in [0.15, 0.2) is 0 Å². The van der Waals surface area contributed by atoms with Crippen LogP contribution in [0.2, 0.25) is 0 Å². The van der Waals surface area contributed by atoms with Crippen molar-refractivity contribution in [2.45, 2.75) is 47.0 Å². The van der Waals surface area contributed by atoms with Crippen molar-refractivity contribution in [1.82, 2.24) is 0 Å². The van der Waals surface area contributed by atoms with Crippen molar-refractivity contribution in [2.75, 3.05) is 4.90 Å². The smallest absolute Gasteiger partial charge is 0.0546 e. The first kappa shape index (κ1) is 35.2. The highest BCUT2D eigenvalue weighted by atomic mass is 32.1. The summed E-state index contributed by atoms with van der Waals surface area (Å²) in [7, 11) is 0. The van der Waals surface area contributed by atoms with Crippen LogP contribution in [0.5, 0.6) is 0 Å². The fraction of sp³-hybridized carbons (Fsp3) is 0.127. The van der Waals surface area contributed by atoms with E-state index in [-0.39, 0.29) is 5.41 Å². The maximum atomic E-state index is 2.50. The van der Waals surface area contributed by atoms with Gasteiger partial charge in [0.05, 0.1) is 5.69 Å². The Kier molecular flexibility index (Phi) is 8.32. The van der Waals surface area contributed by atoms with Crippen LogP contribution in [0.15, 0.2) is 164 Å². The lowest BCUT2D eigenvalue weighted by molar-refractivity contribution is 0.654. The fourth-order valence-electron chi connectivity index (χ4n) is 9.31. The minimum absolute atomic E-state index is 0.125. The van der Waals surface area contributed by atoms with Gasteiger partial charge < -0.3 is 4.90 Å². The fourth-order valence-corrected chi connectivity index (χ4v) is 10.5. The van der Waals surface area contributed by atoms with Gasteiger partial charge in [-0.2, -0.15) is 0 Å². The highest BCUT2D eigenvalue weighted by Crippen LogP contribution is 2.56. The summed E-state index contributed by atoms with van der Waals surface area (Å²) in [6.45, 7) is 13.9. The van der Waals surface area contributed by atoms with E-state index in [4.69, 9.17) is 0 Å². The molecule has 2 heteroatoms. The monoisotopic (exact) mass is 751 g/mol. The van der Waals surface area contributed by atoms with E-state index in [1.165, 1.54) is 104 Å².